The molecule has 2 unspecified atom stereocenters. The largest absolute Gasteiger partial charge is 0.655 e. The molecule has 0 spiro atoms. The van der Waals surface area contributed by atoms with E-state index in [-0.39, 0.29) is 23.7 Å². The molecule has 2 atom stereocenters. The number of carbonyl (C=O) groups is 2. The van der Waals surface area contributed by atoms with Gasteiger partial charge in [0.2, 0.25) is 11.8 Å². The van der Waals surface area contributed by atoms with Crippen molar-refractivity contribution in [1.82, 2.24) is 4.31 Å². The van der Waals surface area contributed by atoms with Crippen LogP contribution in [0.5, 0.6) is 0 Å². The summed E-state index contributed by atoms with van der Waals surface area (Å²) < 4.78 is 0.787. The van der Waals surface area contributed by atoms with E-state index in [1.165, 1.54) is 0 Å². The number of amides is 2. The van der Waals surface area contributed by atoms with Gasteiger partial charge in [0.1, 0.15) is 0 Å². The lowest BCUT2D eigenvalue weighted by Gasteiger charge is -2.19. The quantitative estimate of drug-likeness (QED) is 0.370. The topological polar surface area (TPSA) is 37.4 Å². The van der Waals surface area contributed by atoms with Gasteiger partial charge >= 0.3 is 0 Å². The van der Waals surface area contributed by atoms with Gasteiger partial charge in [0.15, 0.2) is 0 Å². The van der Waals surface area contributed by atoms with E-state index >= 15 is 0 Å². The van der Waals surface area contributed by atoms with E-state index < -0.39 is 0 Å². The Morgan fingerprint density at radius 1 is 1.20 bits per heavy atom. The van der Waals surface area contributed by atoms with E-state index in [0.717, 1.165) is 4.31 Å². The van der Waals surface area contributed by atoms with Gasteiger partial charge in [-0.1, -0.05) is 13.8 Å². The third kappa shape index (κ3) is 0.831. The van der Waals surface area contributed by atoms with Gasteiger partial charge in [-0.3, -0.25) is 9.59 Å². The molecule has 1 fully saturated rings. The van der Waals surface area contributed by atoms with Crippen molar-refractivity contribution < 1.29 is 9.59 Å². The van der Waals surface area contributed by atoms with Gasteiger partial charge in [-0.2, -0.15) is 0 Å². The minimum absolute atomic E-state index is 0.231. The van der Waals surface area contributed by atoms with Crippen molar-refractivity contribution in [3.63, 3.8) is 0 Å². The standard InChI is InChI=1S/C6H8NO2S/c1-3-4(2)6(9)7(10)5(3)8/h3-4H,1-2H3/q-1. The van der Waals surface area contributed by atoms with Crippen LogP contribution in [-0.4, -0.2) is 16.1 Å². The van der Waals surface area contributed by atoms with E-state index in [9.17, 15) is 9.59 Å². The fraction of sp³-hybridized carbons (Fsp3) is 0.667. The third-order valence-corrected chi connectivity index (χ3v) is 2.29. The molecule has 1 rings (SSSR count). The molecule has 0 aromatic rings. The lowest BCUT2D eigenvalue weighted by Crippen LogP contribution is -2.23. The summed E-state index contributed by atoms with van der Waals surface area (Å²) in [6.45, 7) is 3.44. The van der Waals surface area contributed by atoms with Crippen LogP contribution in [0.4, 0.5) is 0 Å². The van der Waals surface area contributed by atoms with Crippen molar-refractivity contribution >= 4 is 24.6 Å². The van der Waals surface area contributed by atoms with Crippen LogP contribution >= 0.6 is 0 Å². The van der Waals surface area contributed by atoms with Crippen LogP contribution < -0.4 is 0 Å². The first-order valence-electron chi connectivity index (χ1n) is 3.10. The molecule has 4 heteroatoms. The average molecular weight is 158 g/mol. The van der Waals surface area contributed by atoms with Gasteiger partial charge in [-0.15, -0.1) is 0 Å². The Morgan fingerprint density at radius 2 is 1.50 bits per heavy atom. The highest BCUT2D eigenvalue weighted by Crippen LogP contribution is 2.23. The average Bonchev–Trinajstić information content (AvgIpc) is 2.07. The molecule has 1 aliphatic rings. The van der Waals surface area contributed by atoms with E-state index in [2.05, 4.69) is 12.8 Å². The summed E-state index contributed by atoms with van der Waals surface area (Å²) in [4.78, 5) is 21.9. The van der Waals surface area contributed by atoms with Crippen molar-refractivity contribution in [3.8, 4) is 0 Å². The molecule has 1 heterocycles. The van der Waals surface area contributed by atoms with Crippen LogP contribution in [0.3, 0.4) is 0 Å². The zero-order valence-electron chi connectivity index (χ0n) is 5.83. The van der Waals surface area contributed by atoms with Crippen LogP contribution in [0.25, 0.3) is 0 Å². The Morgan fingerprint density at radius 3 is 1.60 bits per heavy atom. The van der Waals surface area contributed by atoms with Gasteiger partial charge in [-0.05, 0) is 0 Å². The van der Waals surface area contributed by atoms with E-state index in [1.807, 2.05) is 0 Å². The maximum Gasteiger partial charge on any atom is 0.210 e. The first-order valence-corrected chi connectivity index (χ1v) is 3.47. The second-order valence-corrected chi connectivity index (χ2v) is 2.91. The van der Waals surface area contributed by atoms with Gasteiger partial charge in [0.25, 0.3) is 0 Å². The van der Waals surface area contributed by atoms with Crippen molar-refractivity contribution in [3.05, 3.63) is 0 Å². The molecule has 0 N–H and O–H groups in total. The zero-order valence-corrected chi connectivity index (χ0v) is 6.64. The Kier molecular flexibility index (Phi) is 1.72. The summed E-state index contributed by atoms with van der Waals surface area (Å²) in [7, 11) is 0. The monoisotopic (exact) mass is 158 g/mol. The molecule has 56 valence electrons. The molecule has 0 aliphatic carbocycles. The van der Waals surface area contributed by atoms with E-state index in [1.54, 1.807) is 13.8 Å². The number of nitrogens with zero attached hydrogens (tertiary/aromatic N) is 1. The van der Waals surface area contributed by atoms with Crippen LogP contribution in [0.1, 0.15) is 13.8 Å². The summed E-state index contributed by atoms with van der Waals surface area (Å²) in [5, 5.41) is 0. The maximum atomic E-state index is 10.9. The number of rotatable bonds is 0. The highest BCUT2D eigenvalue weighted by Gasteiger charge is 2.35. The number of hydrogen-bond acceptors (Lipinski definition) is 3. The Balaban J connectivity index is 2.89. The number of imide groups is 1. The Labute approximate surface area is 64.9 Å². The summed E-state index contributed by atoms with van der Waals surface area (Å²) in [6.07, 6.45) is 0. The van der Waals surface area contributed by atoms with Gasteiger partial charge < -0.3 is 17.1 Å². The van der Waals surface area contributed by atoms with Crippen molar-refractivity contribution in [2.24, 2.45) is 11.8 Å². The summed E-state index contributed by atoms with van der Waals surface area (Å²) in [6, 6.07) is 0. The summed E-state index contributed by atoms with van der Waals surface area (Å²) >= 11 is 4.54. The third-order valence-electron chi connectivity index (χ3n) is 1.93. The highest BCUT2D eigenvalue weighted by atomic mass is 32.1. The van der Waals surface area contributed by atoms with Crippen molar-refractivity contribution in [1.29, 1.82) is 0 Å². The van der Waals surface area contributed by atoms with E-state index in [0.29, 0.717) is 0 Å². The maximum absolute atomic E-state index is 10.9. The van der Waals surface area contributed by atoms with Gasteiger partial charge in [-0.25, -0.2) is 0 Å². The fourth-order valence-electron chi connectivity index (χ4n) is 0.906. The van der Waals surface area contributed by atoms with Gasteiger partial charge in [0, 0.05) is 11.8 Å². The SMILES string of the molecule is CC1C(=O)N([S-])C(=O)C1C. The van der Waals surface area contributed by atoms with Crippen LogP contribution in [0.15, 0.2) is 0 Å². The lowest BCUT2D eigenvalue weighted by atomic mass is 10.00. The predicted molar refractivity (Wildman–Crippen MR) is 37.5 cm³/mol. The predicted octanol–water partition coefficient (Wildman–Crippen LogP) is 0.0893. The van der Waals surface area contributed by atoms with Crippen LogP contribution in [0, 0.1) is 11.8 Å². The molecule has 0 bridgehead atoms. The minimum Gasteiger partial charge on any atom is -0.655 e. The molecule has 10 heavy (non-hydrogen) atoms. The van der Waals surface area contributed by atoms with Crippen LogP contribution in [-0.2, 0) is 22.4 Å². The smallest absolute Gasteiger partial charge is 0.210 e. The summed E-state index contributed by atoms with van der Waals surface area (Å²) in [5.74, 6) is -0.949. The summed E-state index contributed by atoms with van der Waals surface area (Å²) in [5.41, 5.74) is 0. The molecular weight excluding hydrogens is 150 g/mol. The molecule has 0 radical (unpaired) electrons. The normalized spacial score (nSPS) is 33.7. The Hall–Kier alpha value is -0.510. The molecule has 3 nitrogen and oxygen atoms in total. The molecule has 0 saturated carbocycles. The second-order valence-electron chi connectivity index (χ2n) is 2.55. The molecule has 1 aliphatic heterocycles. The lowest BCUT2D eigenvalue weighted by molar-refractivity contribution is -0.133. The minimum atomic E-state index is -0.243. The first kappa shape index (κ1) is 7.60. The second kappa shape index (κ2) is 2.27. The van der Waals surface area contributed by atoms with E-state index in [4.69, 9.17) is 0 Å². The molecule has 1 saturated heterocycles. The fourth-order valence-corrected chi connectivity index (χ4v) is 1.24. The number of carbonyl (C=O) groups excluding carboxylic acids is 2. The first-order chi connectivity index (χ1) is 4.55. The highest BCUT2D eigenvalue weighted by molar-refractivity contribution is 7.57. The Bertz CT molecular complexity index is 172. The van der Waals surface area contributed by atoms with Crippen molar-refractivity contribution in [2.75, 3.05) is 0 Å². The molecule has 0 aromatic heterocycles. The molecular formula is C6H8NO2S-. The molecule has 2 amide bonds. The number of hydrogen-bond donors (Lipinski definition) is 0. The molecule has 0 aromatic carbocycles. The van der Waals surface area contributed by atoms with Gasteiger partial charge in [0.05, 0.1) is 0 Å². The van der Waals surface area contributed by atoms with Crippen LogP contribution in [0.2, 0.25) is 0 Å². The van der Waals surface area contributed by atoms with Crippen molar-refractivity contribution in [2.45, 2.75) is 13.8 Å². The zero-order chi connectivity index (χ0) is 7.89.